The van der Waals surface area contributed by atoms with Gasteiger partial charge in [0.05, 0.1) is 5.69 Å². The number of para-hydroxylation sites is 1. The molecule has 2 amide bonds. The zero-order chi connectivity index (χ0) is 9.26. The molecule has 0 atom stereocenters. The molecule has 0 aliphatic carbocycles. The molecule has 4 nitrogen and oxygen atoms in total. The quantitative estimate of drug-likeness (QED) is 0.576. The van der Waals surface area contributed by atoms with Gasteiger partial charge in [-0.1, -0.05) is 18.2 Å². The van der Waals surface area contributed by atoms with E-state index in [0.717, 1.165) is 0 Å². The Morgan fingerprint density at radius 3 is 2.69 bits per heavy atom. The first kappa shape index (κ1) is 7.58. The summed E-state index contributed by atoms with van der Waals surface area (Å²) in [5.74, 6) is 1.69. The minimum absolute atomic E-state index is 0.180. The van der Waals surface area contributed by atoms with Gasteiger partial charge in [-0.3, -0.25) is 5.32 Å². The second kappa shape index (κ2) is 2.77. The molecular weight excluding hydrogens is 168 g/mol. The molecule has 1 aliphatic heterocycles. The number of urea groups is 1. The number of nitrogens with one attached hydrogen (secondary N) is 2. The fourth-order valence-corrected chi connectivity index (χ4v) is 1.23. The summed E-state index contributed by atoms with van der Waals surface area (Å²) in [6.07, 6.45) is 0. The molecule has 4 heteroatoms. The summed E-state index contributed by atoms with van der Waals surface area (Å²) in [6.45, 7) is 0. The van der Waals surface area contributed by atoms with Gasteiger partial charge in [0.25, 0.3) is 0 Å². The molecule has 0 saturated heterocycles. The first-order chi connectivity index (χ1) is 6.31. The SMILES string of the molecule is O=C=C1NC(=O)Nc2ccccc21. The predicted molar refractivity (Wildman–Crippen MR) is 47.7 cm³/mol. The van der Waals surface area contributed by atoms with Crippen LogP contribution in [0, 0.1) is 0 Å². The maximum atomic E-state index is 11.0. The van der Waals surface area contributed by atoms with Crippen LogP contribution in [0.15, 0.2) is 24.3 Å². The van der Waals surface area contributed by atoms with Crippen LogP contribution < -0.4 is 10.6 Å². The number of fused-ring (bicyclic) bond motifs is 1. The molecule has 0 spiro atoms. The Bertz CT molecular complexity index is 419. The van der Waals surface area contributed by atoms with E-state index in [1.54, 1.807) is 30.2 Å². The molecule has 1 aromatic carbocycles. The fourth-order valence-electron chi connectivity index (χ4n) is 1.23. The number of benzene rings is 1. The van der Waals surface area contributed by atoms with Crippen LogP contribution in [-0.4, -0.2) is 12.0 Å². The Hall–Kier alpha value is -2.06. The third-order valence-electron chi connectivity index (χ3n) is 1.79. The average molecular weight is 174 g/mol. The Kier molecular flexibility index (Phi) is 1.61. The highest BCUT2D eigenvalue weighted by Crippen LogP contribution is 2.23. The Labute approximate surface area is 74.3 Å². The van der Waals surface area contributed by atoms with E-state index in [4.69, 9.17) is 0 Å². The number of carbonyl (C=O) groups excluding carboxylic acids is 2. The predicted octanol–water partition coefficient (Wildman–Crippen LogP) is 0.994. The van der Waals surface area contributed by atoms with E-state index >= 15 is 0 Å². The van der Waals surface area contributed by atoms with Crippen molar-refractivity contribution in [1.29, 1.82) is 0 Å². The summed E-state index contributed by atoms with van der Waals surface area (Å²) in [5, 5.41) is 4.94. The van der Waals surface area contributed by atoms with Gasteiger partial charge >= 0.3 is 6.03 Å². The molecule has 1 aliphatic rings. The van der Waals surface area contributed by atoms with Crippen LogP contribution in [-0.2, 0) is 4.79 Å². The fraction of sp³-hybridized carbons (Fsp3) is 0. The Morgan fingerprint density at radius 2 is 1.92 bits per heavy atom. The van der Waals surface area contributed by atoms with Crippen molar-refractivity contribution < 1.29 is 9.59 Å². The lowest BCUT2D eigenvalue weighted by Gasteiger charge is -2.17. The normalized spacial score (nSPS) is 13.8. The molecule has 0 radical (unpaired) electrons. The molecule has 64 valence electrons. The topological polar surface area (TPSA) is 58.2 Å². The van der Waals surface area contributed by atoms with Crippen molar-refractivity contribution in [1.82, 2.24) is 5.32 Å². The molecule has 2 rings (SSSR count). The van der Waals surface area contributed by atoms with Gasteiger partial charge in [0.15, 0.2) is 5.94 Å². The Balaban J connectivity index is 2.62. The van der Waals surface area contributed by atoms with Gasteiger partial charge in [-0.05, 0) is 6.07 Å². The van der Waals surface area contributed by atoms with Gasteiger partial charge < -0.3 is 5.32 Å². The first-order valence-electron chi connectivity index (χ1n) is 3.74. The van der Waals surface area contributed by atoms with Crippen molar-refractivity contribution in [3.8, 4) is 0 Å². The third-order valence-corrected chi connectivity index (χ3v) is 1.79. The highest BCUT2D eigenvalue weighted by atomic mass is 16.2. The monoisotopic (exact) mass is 174 g/mol. The van der Waals surface area contributed by atoms with Gasteiger partial charge in [-0.2, -0.15) is 0 Å². The number of hydrogen-bond acceptors (Lipinski definition) is 2. The highest BCUT2D eigenvalue weighted by molar-refractivity contribution is 6.08. The van der Waals surface area contributed by atoms with Crippen molar-refractivity contribution in [2.24, 2.45) is 0 Å². The van der Waals surface area contributed by atoms with Crippen LogP contribution in [0.1, 0.15) is 5.56 Å². The molecule has 0 bridgehead atoms. The van der Waals surface area contributed by atoms with Gasteiger partial charge in [-0.25, -0.2) is 9.59 Å². The summed E-state index contributed by atoms with van der Waals surface area (Å²) in [5.41, 5.74) is 1.47. The van der Waals surface area contributed by atoms with Gasteiger partial charge in [-0.15, -0.1) is 0 Å². The van der Waals surface area contributed by atoms with Crippen molar-refractivity contribution in [2.75, 3.05) is 5.32 Å². The molecule has 1 heterocycles. The van der Waals surface area contributed by atoms with Crippen LogP contribution >= 0.6 is 0 Å². The Morgan fingerprint density at radius 1 is 1.15 bits per heavy atom. The van der Waals surface area contributed by atoms with Gasteiger partial charge in [0.1, 0.15) is 5.70 Å². The molecule has 0 fully saturated rings. The van der Waals surface area contributed by atoms with Crippen molar-refractivity contribution in [3.05, 3.63) is 29.8 Å². The molecule has 0 saturated carbocycles. The zero-order valence-corrected chi connectivity index (χ0v) is 6.63. The van der Waals surface area contributed by atoms with Gasteiger partial charge in [0.2, 0.25) is 0 Å². The third kappa shape index (κ3) is 1.19. The van der Waals surface area contributed by atoms with Crippen LogP contribution in [0.3, 0.4) is 0 Å². The van der Waals surface area contributed by atoms with Crippen molar-refractivity contribution in [3.63, 3.8) is 0 Å². The van der Waals surface area contributed by atoms with Crippen molar-refractivity contribution >= 4 is 23.4 Å². The molecule has 0 unspecified atom stereocenters. The van der Waals surface area contributed by atoms with Gasteiger partial charge in [0, 0.05) is 5.56 Å². The number of amides is 2. The van der Waals surface area contributed by atoms with E-state index in [1.165, 1.54) is 0 Å². The van der Waals surface area contributed by atoms with E-state index in [9.17, 15) is 9.59 Å². The van der Waals surface area contributed by atoms with E-state index in [2.05, 4.69) is 10.6 Å². The minimum atomic E-state index is -0.406. The highest BCUT2D eigenvalue weighted by Gasteiger charge is 2.18. The zero-order valence-electron chi connectivity index (χ0n) is 6.63. The number of carbonyl (C=O) groups is 1. The maximum absolute atomic E-state index is 11.0. The average Bonchev–Trinajstić information content (AvgIpc) is 2.16. The molecular formula is C9H6N2O2. The van der Waals surface area contributed by atoms with E-state index in [0.29, 0.717) is 11.3 Å². The summed E-state index contributed by atoms with van der Waals surface area (Å²) >= 11 is 0. The molecule has 0 aromatic heterocycles. The molecule has 1 aromatic rings. The van der Waals surface area contributed by atoms with Crippen LogP contribution in [0.2, 0.25) is 0 Å². The smallest absolute Gasteiger partial charge is 0.307 e. The van der Waals surface area contributed by atoms with E-state index in [-0.39, 0.29) is 5.70 Å². The lowest BCUT2D eigenvalue weighted by atomic mass is 10.1. The summed E-state index contributed by atoms with van der Waals surface area (Å²) in [6, 6.07) is 6.63. The largest absolute Gasteiger partial charge is 0.324 e. The van der Waals surface area contributed by atoms with Crippen LogP contribution in [0.25, 0.3) is 5.70 Å². The summed E-state index contributed by atoms with van der Waals surface area (Å²) < 4.78 is 0. The van der Waals surface area contributed by atoms with E-state index in [1.807, 2.05) is 0 Å². The molecule has 2 N–H and O–H groups in total. The number of hydrogen-bond donors (Lipinski definition) is 2. The second-order valence-electron chi connectivity index (χ2n) is 2.60. The maximum Gasteiger partial charge on any atom is 0.324 e. The second-order valence-corrected chi connectivity index (χ2v) is 2.60. The molecule has 13 heavy (non-hydrogen) atoms. The minimum Gasteiger partial charge on any atom is -0.307 e. The lowest BCUT2D eigenvalue weighted by molar-refractivity contribution is 0.255. The standard InChI is InChI=1S/C9H6N2O2/c12-5-8-6-3-1-2-4-7(6)10-9(13)11-8/h1-4H,(H2,10,11,13). The van der Waals surface area contributed by atoms with Crippen LogP contribution in [0.5, 0.6) is 0 Å². The number of anilines is 1. The van der Waals surface area contributed by atoms with Crippen molar-refractivity contribution in [2.45, 2.75) is 0 Å². The summed E-state index contributed by atoms with van der Waals surface area (Å²) in [4.78, 5) is 21.4. The lowest BCUT2D eigenvalue weighted by Crippen LogP contribution is -2.32. The summed E-state index contributed by atoms with van der Waals surface area (Å²) in [7, 11) is 0. The van der Waals surface area contributed by atoms with Crippen LogP contribution in [0.4, 0.5) is 10.5 Å². The first-order valence-corrected chi connectivity index (χ1v) is 3.74. The number of rotatable bonds is 0. The van der Waals surface area contributed by atoms with E-state index < -0.39 is 6.03 Å².